The van der Waals surface area contributed by atoms with Crippen molar-refractivity contribution in [2.75, 3.05) is 26.2 Å². The SMILES string of the molecule is O=C(c1ccc(C(F)(F)F)cc1F)N1CCC(N2CC(n3ccc(-c4ncnc5[nH]ccc45)c3)C2)CC1. The predicted molar refractivity (Wildman–Crippen MR) is 128 cm³/mol. The summed E-state index contributed by atoms with van der Waals surface area (Å²) in [5.74, 6) is -1.70. The summed E-state index contributed by atoms with van der Waals surface area (Å²) in [6.07, 6.45) is 4.41. The summed E-state index contributed by atoms with van der Waals surface area (Å²) < 4.78 is 54.9. The molecule has 0 spiro atoms. The average molecular weight is 513 g/mol. The number of carbonyl (C=O) groups excluding carboxylic acids is 1. The first-order valence-corrected chi connectivity index (χ1v) is 12.1. The van der Waals surface area contributed by atoms with Gasteiger partial charge >= 0.3 is 6.18 Å². The number of amides is 1. The van der Waals surface area contributed by atoms with E-state index in [4.69, 9.17) is 0 Å². The lowest BCUT2D eigenvalue weighted by atomic mass is 9.96. The maximum atomic E-state index is 14.3. The van der Waals surface area contributed by atoms with Gasteiger partial charge in [-0.2, -0.15) is 13.2 Å². The lowest BCUT2D eigenvalue weighted by molar-refractivity contribution is -0.137. The summed E-state index contributed by atoms with van der Waals surface area (Å²) in [5, 5.41) is 0.980. The van der Waals surface area contributed by atoms with Gasteiger partial charge in [-0.3, -0.25) is 9.69 Å². The molecule has 6 rings (SSSR count). The number of alkyl halides is 3. The number of aromatic amines is 1. The van der Waals surface area contributed by atoms with Crippen molar-refractivity contribution in [3.63, 3.8) is 0 Å². The zero-order valence-corrected chi connectivity index (χ0v) is 19.7. The van der Waals surface area contributed by atoms with Gasteiger partial charge in [0.05, 0.1) is 22.9 Å². The smallest absolute Gasteiger partial charge is 0.348 e. The van der Waals surface area contributed by atoms with Crippen LogP contribution in [-0.4, -0.2) is 67.4 Å². The van der Waals surface area contributed by atoms with Crippen molar-refractivity contribution in [3.8, 4) is 11.3 Å². The van der Waals surface area contributed by atoms with Gasteiger partial charge in [-0.25, -0.2) is 14.4 Å². The van der Waals surface area contributed by atoms with Crippen molar-refractivity contribution in [1.29, 1.82) is 0 Å². The lowest BCUT2D eigenvalue weighted by Crippen LogP contribution is -2.56. The molecule has 192 valence electrons. The quantitative estimate of drug-likeness (QED) is 0.401. The second-order valence-electron chi connectivity index (χ2n) is 9.63. The van der Waals surface area contributed by atoms with Crippen LogP contribution >= 0.6 is 0 Å². The van der Waals surface area contributed by atoms with E-state index < -0.39 is 23.5 Å². The van der Waals surface area contributed by atoms with Crippen LogP contribution in [0.25, 0.3) is 22.3 Å². The zero-order valence-electron chi connectivity index (χ0n) is 19.7. The van der Waals surface area contributed by atoms with Crippen LogP contribution < -0.4 is 0 Å². The van der Waals surface area contributed by atoms with Crippen molar-refractivity contribution in [2.45, 2.75) is 31.1 Å². The molecule has 2 aliphatic heterocycles. The molecule has 2 fully saturated rings. The number of likely N-dealkylation sites (tertiary alicyclic amines) is 2. The number of halogens is 4. The van der Waals surface area contributed by atoms with Crippen LogP contribution in [0.1, 0.15) is 34.8 Å². The van der Waals surface area contributed by atoms with Crippen molar-refractivity contribution < 1.29 is 22.4 Å². The maximum Gasteiger partial charge on any atom is 0.416 e. The third-order valence-electron chi connectivity index (χ3n) is 7.45. The molecule has 0 aliphatic carbocycles. The van der Waals surface area contributed by atoms with E-state index in [9.17, 15) is 22.4 Å². The second kappa shape index (κ2) is 8.98. The van der Waals surface area contributed by atoms with Crippen molar-refractivity contribution in [3.05, 3.63) is 72.2 Å². The van der Waals surface area contributed by atoms with Gasteiger partial charge in [-0.1, -0.05) is 0 Å². The Morgan fingerprint density at radius 3 is 2.54 bits per heavy atom. The fraction of sp³-hybridized carbons (Fsp3) is 0.346. The van der Waals surface area contributed by atoms with Gasteiger partial charge in [0.2, 0.25) is 0 Å². The number of fused-ring (bicyclic) bond motifs is 1. The van der Waals surface area contributed by atoms with Crippen LogP contribution in [-0.2, 0) is 6.18 Å². The molecule has 0 saturated carbocycles. The molecular weight excluding hydrogens is 488 g/mol. The van der Waals surface area contributed by atoms with E-state index in [1.165, 1.54) is 4.90 Å². The Labute approximate surface area is 209 Å². The van der Waals surface area contributed by atoms with Crippen LogP contribution in [0.15, 0.2) is 55.2 Å². The van der Waals surface area contributed by atoms with Gasteiger partial charge in [-0.15, -0.1) is 0 Å². The number of aromatic nitrogens is 4. The number of piperidine rings is 1. The highest BCUT2D eigenvalue weighted by molar-refractivity contribution is 5.94. The zero-order chi connectivity index (χ0) is 25.7. The number of rotatable bonds is 4. The predicted octanol–water partition coefficient (Wildman–Crippen LogP) is 4.75. The molecular formula is C26H24F4N6O. The van der Waals surface area contributed by atoms with E-state index in [0.29, 0.717) is 31.2 Å². The van der Waals surface area contributed by atoms with Crippen molar-refractivity contribution in [1.82, 2.24) is 29.3 Å². The first-order chi connectivity index (χ1) is 17.8. The van der Waals surface area contributed by atoms with Gasteiger partial charge < -0.3 is 14.5 Å². The highest BCUT2D eigenvalue weighted by Crippen LogP contribution is 2.33. The highest BCUT2D eigenvalue weighted by Gasteiger charge is 2.37. The van der Waals surface area contributed by atoms with Crippen LogP contribution in [0.2, 0.25) is 0 Å². The molecule has 1 N–H and O–H groups in total. The minimum Gasteiger partial charge on any atom is -0.348 e. The molecule has 0 atom stereocenters. The Kier molecular flexibility index (Phi) is 5.74. The van der Waals surface area contributed by atoms with E-state index in [-0.39, 0.29) is 5.56 Å². The Hall–Kier alpha value is -3.73. The van der Waals surface area contributed by atoms with Crippen LogP contribution in [0, 0.1) is 5.82 Å². The van der Waals surface area contributed by atoms with Gasteiger partial charge in [0.25, 0.3) is 5.91 Å². The molecule has 37 heavy (non-hydrogen) atoms. The first kappa shape index (κ1) is 23.7. The Morgan fingerprint density at radius 2 is 1.81 bits per heavy atom. The molecule has 0 radical (unpaired) electrons. The molecule has 5 heterocycles. The van der Waals surface area contributed by atoms with E-state index in [1.807, 2.05) is 12.3 Å². The number of benzene rings is 1. The molecule has 3 aromatic heterocycles. The molecule has 0 unspecified atom stereocenters. The fourth-order valence-corrected chi connectivity index (χ4v) is 5.33. The van der Waals surface area contributed by atoms with E-state index in [0.717, 1.165) is 60.4 Å². The van der Waals surface area contributed by atoms with Gasteiger partial charge in [-0.05, 0) is 43.2 Å². The molecule has 2 aliphatic rings. The van der Waals surface area contributed by atoms with Crippen LogP contribution in [0.5, 0.6) is 0 Å². The molecule has 7 nitrogen and oxygen atoms in total. The number of nitrogens with one attached hydrogen (secondary N) is 1. The molecule has 1 aromatic carbocycles. The van der Waals surface area contributed by atoms with Crippen LogP contribution in [0.4, 0.5) is 17.6 Å². The molecule has 2 saturated heterocycles. The number of carbonyl (C=O) groups is 1. The van der Waals surface area contributed by atoms with Gasteiger partial charge in [0.15, 0.2) is 0 Å². The maximum absolute atomic E-state index is 14.3. The highest BCUT2D eigenvalue weighted by atomic mass is 19.4. The molecule has 1 amide bonds. The van der Waals surface area contributed by atoms with Crippen molar-refractivity contribution in [2.24, 2.45) is 0 Å². The monoisotopic (exact) mass is 512 g/mol. The summed E-state index contributed by atoms with van der Waals surface area (Å²) in [5.41, 5.74) is 1.31. The normalized spacial score (nSPS) is 17.9. The standard InChI is InChI=1S/C26H24F4N6O/c27-22-11-17(26(28,29)30)1-2-20(22)25(37)34-9-5-18(6-10-34)36-13-19(14-36)35-8-4-16(12-35)23-21-3-7-31-24(21)33-15-32-23/h1-4,7-8,11-12,15,18-19H,5-6,9-10,13-14H2,(H,31,32,33). The Balaban J connectivity index is 1.04. The minimum atomic E-state index is -4.65. The van der Waals surface area contributed by atoms with Crippen LogP contribution in [0.3, 0.4) is 0 Å². The lowest BCUT2D eigenvalue weighted by Gasteiger charge is -2.47. The summed E-state index contributed by atoms with van der Waals surface area (Å²) >= 11 is 0. The van der Waals surface area contributed by atoms with E-state index in [2.05, 4.69) is 42.9 Å². The first-order valence-electron chi connectivity index (χ1n) is 12.1. The molecule has 0 bridgehead atoms. The van der Waals surface area contributed by atoms with Crippen molar-refractivity contribution >= 4 is 16.9 Å². The number of nitrogens with zero attached hydrogens (tertiary/aromatic N) is 5. The third-order valence-corrected chi connectivity index (χ3v) is 7.45. The van der Waals surface area contributed by atoms with E-state index in [1.54, 1.807) is 6.33 Å². The summed E-state index contributed by atoms with van der Waals surface area (Å²) in [6, 6.07) is 6.76. The minimum absolute atomic E-state index is 0.314. The number of H-pyrrole nitrogens is 1. The van der Waals surface area contributed by atoms with Gasteiger partial charge in [0, 0.05) is 61.8 Å². The number of hydrogen-bond donors (Lipinski definition) is 1. The van der Waals surface area contributed by atoms with Gasteiger partial charge in [0.1, 0.15) is 17.8 Å². The number of hydrogen-bond acceptors (Lipinski definition) is 4. The largest absolute Gasteiger partial charge is 0.416 e. The fourth-order valence-electron chi connectivity index (χ4n) is 5.33. The van der Waals surface area contributed by atoms with E-state index >= 15 is 0 Å². The third kappa shape index (κ3) is 4.37. The topological polar surface area (TPSA) is 70.1 Å². The Bertz CT molecular complexity index is 1450. The average Bonchev–Trinajstić information content (AvgIpc) is 3.52. The Morgan fingerprint density at radius 1 is 1.03 bits per heavy atom. The second-order valence-corrected chi connectivity index (χ2v) is 9.63. The summed E-state index contributed by atoms with van der Waals surface area (Å²) in [6.45, 7) is 2.67. The molecule has 11 heteroatoms. The summed E-state index contributed by atoms with van der Waals surface area (Å²) in [4.78, 5) is 28.5. The summed E-state index contributed by atoms with van der Waals surface area (Å²) in [7, 11) is 0. The molecule has 4 aromatic rings.